The summed E-state index contributed by atoms with van der Waals surface area (Å²) < 4.78 is 16.7. The molecule has 1 N–H and O–H groups in total. The number of anilines is 1. The highest BCUT2D eigenvalue weighted by molar-refractivity contribution is 8.00. The van der Waals surface area contributed by atoms with E-state index < -0.39 is 5.25 Å². The van der Waals surface area contributed by atoms with Gasteiger partial charge in [0.1, 0.15) is 11.1 Å². The quantitative estimate of drug-likeness (QED) is 0.199. The molecule has 0 radical (unpaired) electrons. The van der Waals surface area contributed by atoms with E-state index in [0.717, 1.165) is 22.4 Å². The molecule has 210 valence electrons. The van der Waals surface area contributed by atoms with Crippen LogP contribution < -0.4 is 19.5 Å². The van der Waals surface area contributed by atoms with E-state index in [-0.39, 0.29) is 5.91 Å². The minimum absolute atomic E-state index is 0.142. The molecule has 3 aromatic carbocycles. The fourth-order valence-electron chi connectivity index (χ4n) is 4.48. The molecule has 0 saturated carbocycles. The standard InChI is InChI=1S/C33H33N3O4S/c1-7-30(32(37)35-26-15-20(2)13-14-21(26)3)41-33-25(19-34)24(18-27(36-33)22-11-9-8-10-12-22)23-16-28(38-4)31(40-6)29(17-23)39-5/h8-18,30H,7H2,1-6H3,(H,35,37). The molecule has 4 rings (SSSR count). The van der Waals surface area contributed by atoms with E-state index in [9.17, 15) is 10.1 Å². The number of carbonyl (C=O) groups is 1. The first-order chi connectivity index (χ1) is 19.8. The summed E-state index contributed by atoms with van der Waals surface area (Å²) in [6.07, 6.45) is 0.545. The third-order valence-electron chi connectivity index (χ3n) is 6.71. The van der Waals surface area contributed by atoms with Crippen LogP contribution in [0.25, 0.3) is 22.4 Å². The van der Waals surface area contributed by atoms with Gasteiger partial charge in [-0.15, -0.1) is 0 Å². The van der Waals surface area contributed by atoms with Crippen molar-refractivity contribution < 1.29 is 19.0 Å². The molecule has 0 aliphatic rings. The van der Waals surface area contributed by atoms with Gasteiger partial charge in [-0.3, -0.25) is 4.79 Å². The number of rotatable bonds is 10. The Morgan fingerprint density at radius 3 is 2.22 bits per heavy atom. The number of nitriles is 1. The van der Waals surface area contributed by atoms with Crippen LogP contribution in [0.2, 0.25) is 0 Å². The highest BCUT2D eigenvalue weighted by atomic mass is 32.2. The Hall–Kier alpha value is -4.48. The maximum absolute atomic E-state index is 13.5. The van der Waals surface area contributed by atoms with Crippen molar-refractivity contribution >= 4 is 23.4 Å². The van der Waals surface area contributed by atoms with Crippen LogP contribution in [0.15, 0.2) is 71.8 Å². The smallest absolute Gasteiger partial charge is 0.237 e. The lowest BCUT2D eigenvalue weighted by molar-refractivity contribution is -0.115. The Labute approximate surface area is 245 Å². The number of hydrogen-bond donors (Lipinski definition) is 1. The van der Waals surface area contributed by atoms with Crippen LogP contribution in [0.1, 0.15) is 30.0 Å². The molecule has 1 aromatic heterocycles. The third kappa shape index (κ3) is 6.47. The van der Waals surface area contributed by atoms with Gasteiger partial charge in [-0.05, 0) is 61.2 Å². The van der Waals surface area contributed by atoms with Gasteiger partial charge in [0.25, 0.3) is 0 Å². The van der Waals surface area contributed by atoms with Gasteiger partial charge in [0, 0.05) is 16.8 Å². The number of ether oxygens (including phenoxy) is 3. The second-order valence-corrected chi connectivity index (χ2v) is 10.6. The maximum atomic E-state index is 13.5. The largest absolute Gasteiger partial charge is 0.493 e. The molecular formula is C33H33N3O4S. The molecule has 1 heterocycles. The van der Waals surface area contributed by atoms with Gasteiger partial charge < -0.3 is 19.5 Å². The number of pyridine rings is 1. The first kappa shape index (κ1) is 29.5. The normalized spacial score (nSPS) is 11.3. The van der Waals surface area contributed by atoms with Crippen LogP contribution >= 0.6 is 11.8 Å². The topological polar surface area (TPSA) is 93.5 Å². The molecule has 7 nitrogen and oxygen atoms in total. The number of nitrogens with zero attached hydrogens (tertiary/aromatic N) is 2. The Morgan fingerprint density at radius 1 is 0.951 bits per heavy atom. The van der Waals surface area contributed by atoms with Gasteiger partial charge in [-0.2, -0.15) is 5.26 Å². The Kier molecular flexibility index (Phi) is 9.53. The van der Waals surface area contributed by atoms with Crippen LogP contribution in [0.5, 0.6) is 17.2 Å². The third-order valence-corrected chi connectivity index (χ3v) is 8.06. The number of benzene rings is 3. The summed E-state index contributed by atoms with van der Waals surface area (Å²) in [7, 11) is 4.65. The summed E-state index contributed by atoms with van der Waals surface area (Å²) in [5.41, 5.74) is 6.10. The van der Waals surface area contributed by atoms with Crippen molar-refractivity contribution in [3.8, 4) is 45.7 Å². The molecular weight excluding hydrogens is 534 g/mol. The van der Waals surface area contributed by atoms with E-state index >= 15 is 0 Å². The van der Waals surface area contributed by atoms with Gasteiger partial charge in [-0.1, -0.05) is 61.2 Å². The lowest BCUT2D eigenvalue weighted by Gasteiger charge is -2.19. The summed E-state index contributed by atoms with van der Waals surface area (Å²) in [6, 6.07) is 23.6. The summed E-state index contributed by atoms with van der Waals surface area (Å²) >= 11 is 1.29. The monoisotopic (exact) mass is 567 g/mol. The second kappa shape index (κ2) is 13.2. The Bertz CT molecular complexity index is 1570. The zero-order valence-corrected chi connectivity index (χ0v) is 24.9. The fourth-order valence-corrected chi connectivity index (χ4v) is 5.50. The number of hydrogen-bond acceptors (Lipinski definition) is 7. The van der Waals surface area contributed by atoms with Crippen molar-refractivity contribution in [2.24, 2.45) is 0 Å². The Morgan fingerprint density at radius 2 is 1.63 bits per heavy atom. The molecule has 1 unspecified atom stereocenters. The predicted octanol–water partition coefficient (Wildman–Crippen LogP) is 7.44. The molecule has 1 atom stereocenters. The summed E-state index contributed by atoms with van der Waals surface area (Å²) in [5, 5.41) is 13.5. The van der Waals surface area contributed by atoms with E-state index in [0.29, 0.717) is 51.1 Å². The highest BCUT2D eigenvalue weighted by Crippen LogP contribution is 2.44. The summed E-state index contributed by atoms with van der Waals surface area (Å²) in [5.74, 6) is 1.25. The molecule has 0 bridgehead atoms. The average molecular weight is 568 g/mol. The molecule has 41 heavy (non-hydrogen) atoms. The average Bonchev–Trinajstić information content (AvgIpc) is 3.00. The SMILES string of the molecule is CCC(Sc1nc(-c2ccccc2)cc(-c2cc(OC)c(OC)c(OC)c2)c1C#N)C(=O)Nc1cc(C)ccc1C. The molecule has 8 heteroatoms. The first-order valence-electron chi connectivity index (χ1n) is 13.2. The number of nitrogens with one attached hydrogen (secondary N) is 1. The van der Waals surface area contributed by atoms with Crippen molar-refractivity contribution in [2.45, 2.75) is 37.5 Å². The van der Waals surface area contributed by atoms with Crippen molar-refractivity contribution in [1.29, 1.82) is 5.26 Å². The minimum atomic E-state index is -0.478. The lowest BCUT2D eigenvalue weighted by Crippen LogP contribution is -2.25. The van der Waals surface area contributed by atoms with Crippen LogP contribution in [-0.2, 0) is 4.79 Å². The number of amides is 1. The number of carbonyl (C=O) groups excluding carboxylic acids is 1. The van der Waals surface area contributed by atoms with Crippen molar-refractivity contribution in [1.82, 2.24) is 4.98 Å². The molecule has 0 saturated heterocycles. The lowest BCUT2D eigenvalue weighted by atomic mass is 9.98. The fraction of sp³-hybridized carbons (Fsp3) is 0.242. The maximum Gasteiger partial charge on any atom is 0.237 e. The zero-order chi connectivity index (χ0) is 29.5. The summed E-state index contributed by atoms with van der Waals surface area (Å²) in [6.45, 7) is 5.91. The van der Waals surface area contributed by atoms with Crippen molar-refractivity contribution in [3.05, 3.63) is 83.4 Å². The molecule has 1 amide bonds. The molecule has 0 spiro atoms. The van der Waals surface area contributed by atoms with Gasteiger partial charge in [-0.25, -0.2) is 4.98 Å². The van der Waals surface area contributed by atoms with Crippen LogP contribution in [0.3, 0.4) is 0 Å². The zero-order valence-electron chi connectivity index (χ0n) is 24.1. The van der Waals surface area contributed by atoms with E-state index in [4.69, 9.17) is 19.2 Å². The van der Waals surface area contributed by atoms with Gasteiger partial charge in [0.2, 0.25) is 11.7 Å². The van der Waals surface area contributed by atoms with Crippen molar-refractivity contribution in [2.75, 3.05) is 26.6 Å². The van der Waals surface area contributed by atoms with Crippen LogP contribution in [-0.4, -0.2) is 37.5 Å². The van der Waals surface area contributed by atoms with E-state index in [1.54, 1.807) is 21.3 Å². The second-order valence-electron chi connectivity index (χ2n) is 9.45. The van der Waals surface area contributed by atoms with Gasteiger partial charge in [0.15, 0.2) is 11.5 Å². The number of thioether (sulfide) groups is 1. The van der Waals surface area contributed by atoms with E-state index in [1.807, 2.05) is 87.5 Å². The van der Waals surface area contributed by atoms with Crippen molar-refractivity contribution in [3.63, 3.8) is 0 Å². The Balaban J connectivity index is 1.85. The van der Waals surface area contributed by atoms with Crippen LogP contribution in [0.4, 0.5) is 5.69 Å². The number of aryl methyl sites for hydroxylation is 2. The molecule has 4 aromatic rings. The molecule has 0 fully saturated rings. The predicted molar refractivity (Wildman–Crippen MR) is 164 cm³/mol. The highest BCUT2D eigenvalue weighted by Gasteiger charge is 2.25. The first-order valence-corrected chi connectivity index (χ1v) is 14.1. The molecule has 0 aliphatic carbocycles. The number of aromatic nitrogens is 1. The summed E-state index contributed by atoms with van der Waals surface area (Å²) in [4.78, 5) is 18.4. The number of methoxy groups -OCH3 is 3. The van der Waals surface area contributed by atoms with Gasteiger partial charge in [0.05, 0.1) is 37.8 Å². The molecule has 0 aliphatic heterocycles. The van der Waals surface area contributed by atoms with Gasteiger partial charge >= 0.3 is 0 Å². The van der Waals surface area contributed by atoms with E-state index in [1.165, 1.54) is 11.8 Å². The minimum Gasteiger partial charge on any atom is -0.493 e. The van der Waals surface area contributed by atoms with E-state index in [2.05, 4.69) is 11.4 Å². The van der Waals surface area contributed by atoms with Crippen LogP contribution in [0, 0.1) is 25.2 Å².